The molecule has 0 radical (unpaired) electrons. The largest absolute Gasteiger partial charge is 0.351 e. The van der Waals surface area contributed by atoms with E-state index in [1.165, 1.54) is 0 Å². The summed E-state index contributed by atoms with van der Waals surface area (Å²) in [6.07, 6.45) is 0.981. The third-order valence-electron chi connectivity index (χ3n) is 2.36. The van der Waals surface area contributed by atoms with Crippen molar-refractivity contribution in [3.05, 3.63) is 34.3 Å². The summed E-state index contributed by atoms with van der Waals surface area (Å²) in [5.41, 5.74) is 1.58. The van der Waals surface area contributed by atoms with Crippen LogP contribution in [0.15, 0.2) is 18.2 Å². The zero-order valence-corrected chi connectivity index (χ0v) is 11.7. The van der Waals surface area contributed by atoms with Gasteiger partial charge >= 0.3 is 0 Å². The molecule has 4 heteroatoms. The number of hydrogen-bond donors (Lipinski definition) is 1. The number of hydrogen-bond acceptors (Lipinski definition) is 1. The zero-order valence-electron chi connectivity index (χ0n) is 9.39. The van der Waals surface area contributed by atoms with Gasteiger partial charge in [0.25, 0.3) is 5.91 Å². The second-order valence-electron chi connectivity index (χ2n) is 3.68. The van der Waals surface area contributed by atoms with Gasteiger partial charge in [0.05, 0.1) is 0 Å². The molecule has 1 atom stereocenters. The van der Waals surface area contributed by atoms with Gasteiger partial charge in [-0.25, -0.2) is 0 Å². The Hall–Kier alpha value is -0.540. The number of aryl methyl sites for hydroxylation is 1. The minimum absolute atomic E-state index is 0.0835. The van der Waals surface area contributed by atoms with Gasteiger partial charge < -0.3 is 5.32 Å². The van der Waals surface area contributed by atoms with Crippen LogP contribution in [0, 0.1) is 6.92 Å². The monoisotopic (exact) mass is 303 g/mol. The van der Waals surface area contributed by atoms with Gasteiger partial charge in [-0.05, 0) is 31.0 Å². The highest BCUT2D eigenvalue weighted by Gasteiger charge is 2.08. The van der Waals surface area contributed by atoms with Crippen LogP contribution in [0.3, 0.4) is 0 Å². The minimum Gasteiger partial charge on any atom is -0.351 e. The number of carbonyl (C=O) groups is 1. The molecule has 0 fully saturated rings. The van der Waals surface area contributed by atoms with Gasteiger partial charge in [-0.2, -0.15) is 0 Å². The van der Waals surface area contributed by atoms with E-state index >= 15 is 0 Å². The van der Waals surface area contributed by atoms with Crippen molar-refractivity contribution in [1.29, 1.82) is 0 Å². The van der Waals surface area contributed by atoms with Crippen molar-refractivity contribution >= 4 is 33.4 Å². The van der Waals surface area contributed by atoms with Crippen molar-refractivity contribution in [1.82, 2.24) is 5.32 Å². The topological polar surface area (TPSA) is 29.1 Å². The number of benzene rings is 1. The van der Waals surface area contributed by atoms with Crippen LogP contribution in [0.5, 0.6) is 0 Å². The van der Waals surface area contributed by atoms with Gasteiger partial charge in [0.2, 0.25) is 0 Å². The highest BCUT2D eigenvalue weighted by molar-refractivity contribution is 9.09. The summed E-state index contributed by atoms with van der Waals surface area (Å²) in [5, 5.41) is 3.48. The lowest BCUT2D eigenvalue weighted by atomic mass is 10.1. The van der Waals surface area contributed by atoms with E-state index in [4.69, 9.17) is 11.6 Å². The average molecular weight is 305 g/mol. The smallest absolute Gasteiger partial charge is 0.251 e. The first-order valence-corrected chi connectivity index (χ1v) is 6.52. The lowest BCUT2D eigenvalue weighted by Crippen LogP contribution is -2.29. The van der Waals surface area contributed by atoms with Crippen LogP contribution in [0.2, 0.25) is 5.02 Å². The Morgan fingerprint density at radius 3 is 2.81 bits per heavy atom. The van der Waals surface area contributed by atoms with Crippen LogP contribution in [-0.2, 0) is 0 Å². The molecule has 0 heterocycles. The number of nitrogens with one attached hydrogen (secondary N) is 1. The second kappa shape index (κ2) is 6.26. The fraction of sp³-hybridized carbons (Fsp3) is 0.417. The summed E-state index contributed by atoms with van der Waals surface area (Å²) < 4.78 is 0. The molecule has 0 aliphatic rings. The van der Waals surface area contributed by atoms with Crippen LogP contribution in [0.1, 0.15) is 29.3 Å². The fourth-order valence-corrected chi connectivity index (χ4v) is 1.53. The predicted molar refractivity (Wildman–Crippen MR) is 71.5 cm³/mol. The van der Waals surface area contributed by atoms with E-state index in [0.29, 0.717) is 22.0 Å². The molecule has 0 spiro atoms. The first-order valence-electron chi connectivity index (χ1n) is 5.23. The van der Waals surface area contributed by atoms with E-state index in [9.17, 15) is 4.79 Å². The maximum Gasteiger partial charge on any atom is 0.251 e. The SMILES string of the molecule is CCC(Br)CNC(=O)c1ccc(C)c(Cl)c1. The molecule has 16 heavy (non-hydrogen) atoms. The molecule has 0 saturated carbocycles. The maximum atomic E-state index is 11.7. The molecule has 88 valence electrons. The number of halogens is 2. The Morgan fingerprint density at radius 1 is 1.56 bits per heavy atom. The Bertz CT molecular complexity index is 381. The maximum absolute atomic E-state index is 11.7. The van der Waals surface area contributed by atoms with Crippen molar-refractivity contribution in [3.63, 3.8) is 0 Å². The molecule has 0 aliphatic carbocycles. The second-order valence-corrected chi connectivity index (χ2v) is 5.38. The third-order valence-corrected chi connectivity index (χ3v) is 3.74. The van der Waals surface area contributed by atoms with Crippen LogP contribution in [0.4, 0.5) is 0 Å². The van der Waals surface area contributed by atoms with Crippen molar-refractivity contribution < 1.29 is 4.79 Å². The summed E-state index contributed by atoms with van der Waals surface area (Å²) in [4.78, 5) is 12.1. The fourth-order valence-electron chi connectivity index (χ4n) is 1.18. The molecule has 1 unspecified atom stereocenters. The predicted octanol–water partition coefficient (Wildman–Crippen LogP) is 3.55. The summed E-state index contributed by atoms with van der Waals surface area (Å²) in [6, 6.07) is 5.33. The van der Waals surface area contributed by atoms with Gasteiger partial charge in [-0.15, -0.1) is 0 Å². The van der Waals surface area contributed by atoms with Crippen molar-refractivity contribution in [2.24, 2.45) is 0 Å². The number of alkyl halides is 1. The number of carbonyl (C=O) groups excluding carboxylic acids is 1. The Labute approximate surface area is 110 Å². The van der Waals surface area contributed by atoms with Gasteiger partial charge in [-0.1, -0.05) is 40.5 Å². The average Bonchev–Trinajstić information content (AvgIpc) is 2.29. The van der Waals surface area contributed by atoms with E-state index in [-0.39, 0.29) is 5.91 Å². The number of rotatable bonds is 4. The highest BCUT2D eigenvalue weighted by atomic mass is 79.9. The Morgan fingerprint density at radius 2 is 2.25 bits per heavy atom. The van der Waals surface area contributed by atoms with Crippen LogP contribution < -0.4 is 5.32 Å². The first-order chi connectivity index (χ1) is 7.54. The van der Waals surface area contributed by atoms with Crippen molar-refractivity contribution in [2.45, 2.75) is 25.1 Å². The molecule has 2 nitrogen and oxygen atoms in total. The van der Waals surface area contributed by atoms with E-state index in [2.05, 4.69) is 28.2 Å². The zero-order chi connectivity index (χ0) is 12.1. The lowest BCUT2D eigenvalue weighted by Gasteiger charge is -2.09. The van der Waals surface area contributed by atoms with Crippen LogP contribution in [0.25, 0.3) is 0 Å². The first kappa shape index (κ1) is 13.5. The molecular formula is C12H15BrClNO. The lowest BCUT2D eigenvalue weighted by molar-refractivity contribution is 0.0954. The molecule has 0 bridgehead atoms. The summed E-state index contributed by atoms with van der Waals surface area (Å²) >= 11 is 9.42. The molecule has 0 aromatic heterocycles. The van der Waals surface area contributed by atoms with Crippen LogP contribution >= 0.6 is 27.5 Å². The molecule has 1 aromatic carbocycles. The minimum atomic E-state index is -0.0835. The summed E-state index contributed by atoms with van der Waals surface area (Å²) in [6.45, 7) is 4.60. The standard InChI is InChI=1S/C12H15BrClNO/c1-3-10(13)7-15-12(16)9-5-4-8(2)11(14)6-9/h4-6,10H,3,7H2,1-2H3,(H,15,16). The van der Waals surface area contributed by atoms with Gasteiger partial charge in [0.1, 0.15) is 0 Å². The highest BCUT2D eigenvalue weighted by Crippen LogP contribution is 2.16. The van der Waals surface area contributed by atoms with E-state index in [0.717, 1.165) is 12.0 Å². The molecular weight excluding hydrogens is 289 g/mol. The van der Waals surface area contributed by atoms with Crippen LogP contribution in [-0.4, -0.2) is 17.3 Å². The Kier molecular flexibility index (Phi) is 5.29. The molecule has 1 aromatic rings. The van der Waals surface area contributed by atoms with E-state index in [1.54, 1.807) is 12.1 Å². The van der Waals surface area contributed by atoms with E-state index in [1.807, 2.05) is 13.0 Å². The number of amides is 1. The third kappa shape index (κ3) is 3.80. The summed E-state index contributed by atoms with van der Waals surface area (Å²) in [7, 11) is 0. The van der Waals surface area contributed by atoms with Gasteiger partial charge in [-0.3, -0.25) is 4.79 Å². The molecule has 0 aliphatic heterocycles. The van der Waals surface area contributed by atoms with Crippen molar-refractivity contribution in [2.75, 3.05) is 6.54 Å². The quantitative estimate of drug-likeness (QED) is 0.847. The molecule has 0 saturated heterocycles. The summed E-state index contributed by atoms with van der Waals surface area (Å²) in [5.74, 6) is -0.0835. The molecule has 1 amide bonds. The van der Waals surface area contributed by atoms with Crippen molar-refractivity contribution in [3.8, 4) is 0 Å². The molecule has 1 N–H and O–H groups in total. The van der Waals surface area contributed by atoms with Gasteiger partial charge in [0, 0.05) is 22.0 Å². The van der Waals surface area contributed by atoms with E-state index < -0.39 is 0 Å². The van der Waals surface area contributed by atoms with Gasteiger partial charge in [0.15, 0.2) is 0 Å². The Balaban J connectivity index is 2.63. The normalized spacial score (nSPS) is 12.2. The molecule has 1 rings (SSSR count).